The Labute approximate surface area is 92.0 Å². The summed E-state index contributed by atoms with van der Waals surface area (Å²) >= 11 is 0. The molecule has 2 N–H and O–H groups in total. The Kier molecular flexibility index (Phi) is 3.29. The third-order valence-corrected chi connectivity index (χ3v) is 4.10. The molecule has 2 fully saturated rings. The maximum Gasteiger partial charge on any atom is 0.226 e. The fourth-order valence-corrected chi connectivity index (χ4v) is 2.66. The van der Waals surface area contributed by atoms with Crippen molar-refractivity contribution in [3.63, 3.8) is 0 Å². The molecule has 2 aliphatic rings. The molecular weight excluding hydrogens is 188 g/mol. The number of carbonyl (C=O) groups excluding carboxylic acids is 1. The highest BCUT2D eigenvalue weighted by Gasteiger charge is 2.42. The summed E-state index contributed by atoms with van der Waals surface area (Å²) in [5, 5.41) is 6.54. The lowest BCUT2D eigenvalue weighted by Gasteiger charge is -2.41. The Morgan fingerprint density at radius 3 is 2.73 bits per heavy atom. The fourth-order valence-electron chi connectivity index (χ4n) is 2.66. The summed E-state index contributed by atoms with van der Waals surface area (Å²) in [4.78, 5) is 12.1. The van der Waals surface area contributed by atoms with Gasteiger partial charge in [-0.15, -0.1) is 0 Å². The number of amides is 1. The molecule has 0 aromatic rings. The second-order valence-corrected chi connectivity index (χ2v) is 5.00. The van der Waals surface area contributed by atoms with Gasteiger partial charge in [0.1, 0.15) is 0 Å². The molecule has 1 heterocycles. The summed E-state index contributed by atoms with van der Waals surface area (Å²) in [5.41, 5.74) is -0.00253. The third kappa shape index (κ3) is 2.17. The quantitative estimate of drug-likeness (QED) is 0.740. The van der Waals surface area contributed by atoms with Crippen LogP contribution in [0.1, 0.15) is 45.4 Å². The Balaban J connectivity index is 1.85. The van der Waals surface area contributed by atoms with E-state index in [9.17, 15) is 4.79 Å². The molecule has 15 heavy (non-hydrogen) atoms. The number of nitrogens with one attached hydrogen (secondary N) is 2. The van der Waals surface area contributed by atoms with Gasteiger partial charge in [-0.2, -0.15) is 0 Å². The lowest BCUT2D eigenvalue weighted by molar-refractivity contribution is -0.137. The van der Waals surface area contributed by atoms with Crippen LogP contribution in [0.15, 0.2) is 0 Å². The molecule has 0 bridgehead atoms. The minimum Gasteiger partial charge on any atom is -0.352 e. The SMILES string of the molecule is CCC1(C(=O)NC2CCCNC2)CCC1. The van der Waals surface area contributed by atoms with Crippen molar-refractivity contribution in [1.29, 1.82) is 0 Å². The lowest BCUT2D eigenvalue weighted by Crippen LogP contribution is -2.52. The Morgan fingerprint density at radius 2 is 2.27 bits per heavy atom. The monoisotopic (exact) mass is 210 g/mol. The van der Waals surface area contributed by atoms with Gasteiger partial charge < -0.3 is 10.6 Å². The molecule has 3 nitrogen and oxygen atoms in total. The molecule has 0 radical (unpaired) electrons. The van der Waals surface area contributed by atoms with E-state index in [-0.39, 0.29) is 5.41 Å². The number of rotatable bonds is 3. The molecule has 3 heteroatoms. The van der Waals surface area contributed by atoms with Crippen molar-refractivity contribution in [1.82, 2.24) is 10.6 Å². The predicted molar refractivity (Wildman–Crippen MR) is 60.6 cm³/mol. The molecule has 0 aromatic carbocycles. The van der Waals surface area contributed by atoms with E-state index in [0.29, 0.717) is 11.9 Å². The molecule has 1 saturated carbocycles. The zero-order valence-corrected chi connectivity index (χ0v) is 9.64. The van der Waals surface area contributed by atoms with E-state index in [1.54, 1.807) is 0 Å². The highest BCUT2D eigenvalue weighted by molar-refractivity contribution is 5.83. The van der Waals surface area contributed by atoms with Crippen LogP contribution in [0, 0.1) is 5.41 Å². The Morgan fingerprint density at radius 1 is 1.47 bits per heavy atom. The average Bonchev–Trinajstić information content (AvgIpc) is 2.18. The van der Waals surface area contributed by atoms with Crippen molar-refractivity contribution in [3.05, 3.63) is 0 Å². The third-order valence-electron chi connectivity index (χ3n) is 4.10. The Bertz CT molecular complexity index is 224. The predicted octanol–water partition coefficient (Wildman–Crippen LogP) is 1.43. The van der Waals surface area contributed by atoms with Crippen LogP contribution in [-0.4, -0.2) is 25.0 Å². The van der Waals surface area contributed by atoms with Crippen LogP contribution in [-0.2, 0) is 4.79 Å². The van der Waals surface area contributed by atoms with E-state index < -0.39 is 0 Å². The van der Waals surface area contributed by atoms with Crippen molar-refractivity contribution < 1.29 is 4.79 Å². The first kappa shape index (κ1) is 10.9. The van der Waals surface area contributed by atoms with Gasteiger partial charge in [0, 0.05) is 18.0 Å². The first-order chi connectivity index (χ1) is 7.27. The number of carbonyl (C=O) groups is 1. The maximum atomic E-state index is 12.1. The van der Waals surface area contributed by atoms with Gasteiger partial charge in [-0.25, -0.2) is 0 Å². The van der Waals surface area contributed by atoms with Gasteiger partial charge in [-0.05, 0) is 38.6 Å². The van der Waals surface area contributed by atoms with E-state index in [4.69, 9.17) is 0 Å². The summed E-state index contributed by atoms with van der Waals surface area (Å²) in [5.74, 6) is 0.310. The normalized spacial score (nSPS) is 29.3. The molecule has 1 unspecified atom stereocenters. The van der Waals surface area contributed by atoms with Gasteiger partial charge in [0.15, 0.2) is 0 Å². The smallest absolute Gasteiger partial charge is 0.226 e. The van der Waals surface area contributed by atoms with Gasteiger partial charge in [0.25, 0.3) is 0 Å². The topological polar surface area (TPSA) is 41.1 Å². The molecule has 1 aliphatic heterocycles. The maximum absolute atomic E-state index is 12.1. The minimum absolute atomic E-state index is 0.00253. The minimum atomic E-state index is -0.00253. The van der Waals surface area contributed by atoms with Crippen LogP contribution in [0.2, 0.25) is 0 Å². The largest absolute Gasteiger partial charge is 0.352 e. The fraction of sp³-hybridized carbons (Fsp3) is 0.917. The lowest BCUT2D eigenvalue weighted by atomic mass is 9.66. The van der Waals surface area contributed by atoms with Crippen molar-refractivity contribution in [2.75, 3.05) is 13.1 Å². The van der Waals surface area contributed by atoms with E-state index in [2.05, 4.69) is 17.6 Å². The van der Waals surface area contributed by atoms with Gasteiger partial charge in [0.2, 0.25) is 5.91 Å². The van der Waals surface area contributed by atoms with E-state index >= 15 is 0 Å². The van der Waals surface area contributed by atoms with Crippen LogP contribution < -0.4 is 10.6 Å². The van der Waals surface area contributed by atoms with Crippen LogP contribution in [0.5, 0.6) is 0 Å². The Hall–Kier alpha value is -0.570. The van der Waals surface area contributed by atoms with Crippen molar-refractivity contribution in [2.45, 2.75) is 51.5 Å². The summed E-state index contributed by atoms with van der Waals surface area (Å²) in [6, 6.07) is 0.371. The van der Waals surface area contributed by atoms with Crippen LogP contribution in [0.25, 0.3) is 0 Å². The molecule has 2 rings (SSSR count). The summed E-state index contributed by atoms with van der Waals surface area (Å²) in [6.45, 7) is 4.19. The molecular formula is C12H22N2O. The number of piperidine rings is 1. The number of hydrogen-bond acceptors (Lipinski definition) is 2. The molecule has 1 aliphatic carbocycles. The zero-order valence-electron chi connectivity index (χ0n) is 9.64. The van der Waals surface area contributed by atoms with Gasteiger partial charge in [-0.3, -0.25) is 4.79 Å². The van der Waals surface area contributed by atoms with E-state index in [1.165, 1.54) is 12.8 Å². The average molecular weight is 210 g/mol. The van der Waals surface area contributed by atoms with Gasteiger partial charge in [-0.1, -0.05) is 13.3 Å². The van der Waals surface area contributed by atoms with Crippen molar-refractivity contribution >= 4 is 5.91 Å². The molecule has 1 amide bonds. The molecule has 86 valence electrons. The molecule has 0 spiro atoms. The first-order valence-electron chi connectivity index (χ1n) is 6.28. The van der Waals surface area contributed by atoms with E-state index in [1.807, 2.05) is 0 Å². The highest BCUT2D eigenvalue weighted by atomic mass is 16.2. The highest BCUT2D eigenvalue weighted by Crippen LogP contribution is 2.44. The van der Waals surface area contributed by atoms with Crippen LogP contribution in [0.3, 0.4) is 0 Å². The summed E-state index contributed by atoms with van der Waals surface area (Å²) < 4.78 is 0. The zero-order chi connectivity index (χ0) is 10.7. The number of hydrogen-bond donors (Lipinski definition) is 2. The van der Waals surface area contributed by atoms with Crippen molar-refractivity contribution in [2.24, 2.45) is 5.41 Å². The standard InChI is InChI=1S/C12H22N2O/c1-2-12(6-4-7-12)11(15)14-10-5-3-8-13-9-10/h10,13H,2-9H2,1H3,(H,14,15). The first-order valence-corrected chi connectivity index (χ1v) is 6.28. The second-order valence-electron chi connectivity index (χ2n) is 5.00. The molecule has 0 aromatic heterocycles. The van der Waals surface area contributed by atoms with Gasteiger partial charge in [0.05, 0.1) is 0 Å². The van der Waals surface area contributed by atoms with E-state index in [0.717, 1.165) is 38.8 Å². The van der Waals surface area contributed by atoms with Crippen molar-refractivity contribution in [3.8, 4) is 0 Å². The van der Waals surface area contributed by atoms with Crippen LogP contribution in [0.4, 0.5) is 0 Å². The van der Waals surface area contributed by atoms with Gasteiger partial charge >= 0.3 is 0 Å². The second kappa shape index (κ2) is 4.52. The molecule has 1 atom stereocenters. The molecule has 1 saturated heterocycles. The van der Waals surface area contributed by atoms with Crippen LogP contribution >= 0.6 is 0 Å². The summed E-state index contributed by atoms with van der Waals surface area (Å²) in [6.07, 6.45) is 6.73. The summed E-state index contributed by atoms with van der Waals surface area (Å²) in [7, 11) is 0.